The molecule has 6 heteroatoms. The summed E-state index contributed by atoms with van der Waals surface area (Å²) in [4.78, 5) is 0.903. The van der Waals surface area contributed by atoms with Gasteiger partial charge in [0.05, 0.1) is 29.0 Å². The molecule has 0 spiro atoms. The fraction of sp³-hybridized carbons (Fsp3) is 0.500. The van der Waals surface area contributed by atoms with Crippen LogP contribution in [0.1, 0.15) is 18.6 Å². The molecule has 1 aliphatic rings. The molecular weight excluding hydrogens is 272 g/mol. The van der Waals surface area contributed by atoms with E-state index in [1.54, 1.807) is 6.92 Å². The zero-order chi connectivity index (χ0) is 13.3. The van der Waals surface area contributed by atoms with Crippen LogP contribution in [-0.2, 0) is 9.84 Å². The third-order valence-corrected chi connectivity index (χ3v) is 6.18. The van der Waals surface area contributed by atoms with Gasteiger partial charge in [-0.15, -0.1) is 11.8 Å². The van der Waals surface area contributed by atoms with E-state index in [4.69, 9.17) is 0 Å². The van der Waals surface area contributed by atoms with Crippen LogP contribution in [0.2, 0.25) is 0 Å². The van der Waals surface area contributed by atoms with Crippen molar-refractivity contribution in [2.45, 2.75) is 29.3 Å². The molecule has 2 rings (SSSR count). The summed E-state index contributed by atoms with van der Waals surface area (Å²) < 4.78 is 22.8. The smallest absolute Gasteiger partial charge is 0.154 e. The largest absolute Gasteiger partial charge is 0.391 e. The van der Waals surface area contributed by atoms with Crippen LogP contribution in [0.4, 0.5) is 0 Å². The van der Waals surface area contributed by atoms with Gasteiger partial charge in [-0.3, -0.25) is 0 Å². The van der Waals surface area contributed by atoms with Gasteiger partial charge < -0.3 is 10.2 Å². The summed E-state index contributed by atoms with van der Waals surface area (Å²) in [5.41, 5.74) is 0.818. The van der Waals surface area contributed by atoms with Gasteiger partial charge in [0.15, 0.2) is 9.84 Å². The summed E-state index contributed by atoms with van der Waals surface area (Å²) in [5.74, 6) is -0.118. The number of hydrogen-bond donors (Lipinski definition) is 2. The van der Waals surface area contributed by atoms with Gasteiger partial charge in [-0.05, 0) is 24.6 Å². The summed E-state index contributed by atoms with van der Waals surface area (Å²) in [6.07, 6.45) is -1.31. The van der Waals surface area contributed by atoms with Crippen molar-refractivity contribution in [1.29, 1.82) is 0 Å². The molecule has 3 unspecified atom stereocenters. The van der Waals surface area contributed by atoms with Crippen molar-refractivity contribution in [3.8, 4) is 0 Å². The number of benzene rings is 1. The number of aliphatic hydroxyl groups is 2. The molecule has 0 amide bonds. The number of aliphatic hydroxyl groups excluding tert-OH is 2. The number of rotatable bonds is 3. The molecule has 1 fully saturated rings. The quantitative estimate of drug-likeness (QED) is 0.867. The minimum Gasteiger partial charge on any atom is -0.391 e. The van der Waals surface area contributed by atoms with Crippen LogP contribution in [0.3, 0.4) is 0 Å². The Morgan fingerprint density at radius 3 is 2.33 bits per heavy atom. The highest BCUT2D eigenvalue weighted by molar-refractivity contribution is 8.02. The number of sulfone groups is 1. The third-order valence-electron chi connectivity index (χ3n) is 2.92. The average Bonchev–Trinajstić information content (AvgIpc) is 2.52. The van der Waals surface area contributed by atoms with Crippen LogP contribution >= 0.6 is 11.8 Å². The SMILES string of the molecule is CC(O)c1ccc(SC2CS(=O)(=O)CC2O)cc1. The molecule has 0 bridgehead atoms. The number of thioether (sulfide) groups is 1. The van der Waals surface area contributed by atoms with E-state index in [1.807, 2.05) is 24.3 Å². The van der Waals surface area contributed by atoms with Gasteiger partial charge in [0.25, 0.3) is 0 Å². The molecule has 4 nitrogen and oxygen atoms in total. The van der Waals surface area contributed by atoms with Gasteiger partial charge in [0.2, 0.25) is 0 Å². The molecular formula is C12H16O4S2. The fourth-order valence-corrected chi connectivity index (χ4v) is 5.43. The monoisotopic (exact) mass is 288 g/mol. The van der Waals surface area contributed by atoms with Crippen molar-refractivity contribution in [3.05, 3.63) is 29.8 Å². The Morgan fingerprint density at radius 2 is 1.89 bits per heavy atom. The van der Waals surface area contributed by atoms with Gasteiger partial charge in [-0.2, -0.15) is 0 Å². The minimum atomic E-state index is -3.10. The lowest BCUT2D eigenvalue weighted by atomic mass is 10.1. The van der Waals surface area contributed by atoms with E-state index in [1.165, 1.54) is 11.8 Å². The van der Waals surface area contributed by atoms with E-state index < -0.39 is 22.0 Å². The summed E-state index contributed by atoms with van der Waals surface area (Å²) in [7, 11) is -3.10. The first-order chi connectivity index (χ1) is 8.37. The van der Waals surface area contributed by atoms with E-state index in [0.29, 0.717) is 0 Å². The van der Waals surface area contributed by atoms with Crippen LogP contribution in [0.15, 0.2) is 29.2 Å². The van der Waals surface area contributed by atoms with E-state index in [-0.39, 0.29) is 16.8 Å². The predicted octanol–water partition coefficient (Wildman–Crippen LogP) is 0.990. The highest BCUT2D eigenvalue weighted by Gasteiger charge is 2.36. The molecule has 1 heterocycles. The standard InChI is InChI=1S/C12H16O4S2/c1-8(13)9-2-4-10(5-3-9)17-12-7-18(15,16)6-11(12)14/h2-5,8,11-14H,6-7H2,1H3. The molecule has 18 heavy (non-hydrogen) atoms. The van der Waals surface area contributed by atoms with Gasteiger partial charge in [0, 0.05) is 4.90 Å². The van der Waals surface area contributed by atoms with Crippen molar-refractivity contribution in [2.75, 3.05) is 11.5 Å². The maximum absolute atomic E-state index is 11.4. The Bertz CT molecular complexity index is 507. The molecule has 3 atom stereocenters. The van der Waals surface area contributed by atoms with Gasteiger partial charge in [0.1, 0.15) is 0 Å². The van der Waals surface area contributed by atoms with Crippen molar-refractivity contribution in [3.63, 3.8) is 0 Å². The maximum Gasteiger partial charge on any atom is 0.154 e. The highest BCUT2D eigenvalue weighted by atomic mass is 32.2. The van der Waals surface area contributed by atoms with Crippen molar-refractivity contribution >= 4 is 21.6 Å². The molecule has 0 aliphatic carbocycles. The van der Waals surface area contributed by atoms with Crippen LogP contribution in [-0.4, -0.2) is 41.5 Å². The Morgan fingerprint density at radius 1 is 1.28 bits per heavy atom. The summed E-state index contributed by atoms with van der Waals surface area (Å²) in [5, 5.41) is 18.8. The summed E-state index contributed by atoms with van der Waals surface area (Å²) in [6, 6.07) is 7.29. The Hall–Kier alpha value is -0.560. The molecule has 0 aromatic heterocycles. The Balaban J connectivity index is 2.06. The molecule has 0 saturated carbocycles. The van der Waals surface area contributed by atoms with E-state index in [2.05, 4.69) is 0 Å². The lowest BCUT2D eigenvalue weighted by molar-refractivity contribution is 0.199. The van der Waals surface area contributed by atoms with Gasteiger partial charge in [-0.1, -0.05) is 12.1 Å². The second kappa shape index (κ2) is 5.21. The second-order valence-corrected chi connectivity index (χ2v) is 8.01. The average molecular weight is 288 g/mol. The molecule has 2 N–H and O–H groups in total. The van der Waals surface area contributed by atoms with Gasteiger partial charge >= 0.3 is 0 Å². The van der Waals surface area contributed by atoms with Crippen LogP contribution in [0, 0.1) is 0 Å². The molecule has 0 radical (unpaired) electrons. The van der Waals surface area contributed by atoms with Crippen LogP contribution < -0.4 is 0 Å². The first kappa shape index (κ1) is 13.9. The molecule has 1 aromatic rings. The highest BCUT2D eigenvalue weighted by Crippen LogP contribution is 2.31. The fourth-order valence-electron chi connectivity index (χ4n) is 1.91. The third kappa shape index (κ3) is 3.26. The molecule has 1 saturated heterocycles. The molecule has 1 aliphatic heterocycles. The molecule has 1 aromatic carbocycles. The van der Waals surface area contributed by atoms with Gasteiger partial charge in [-0.25, -0.2) is 8.42 Å². The van der Waals surface area contributed by atoms with E-state index in [9.17, 15) is 18.6 Å². The Kier molecular flexibility index (Phi) is 4.01. The zero-order valence-corrected chi connectivity index (χ0v) is 11.6. The van der Waals surface area contributed by atoms with Crippen molar-refractivity contribution in [1.82, 2.24) is 0 Å². The topological polar surface area (TPSA) is 74.6 Å². The van der Waals surface area contributed by atoms with Crippen molar-refractivity contribution < 1.29 is 18.6 Å². The first-order valence-corrected chi connectivity index (χ1v) is 8.41. The zero-order valence-electron chi connectivity index (χ0n) is 9.98. The predicted molar refractivity (Wildman–Crippen MR) is 71.4 cm³/mol. The summed E-state index contributed by atoms with van der Waals surface area (Å²) in [6.45, 7) is 1.69. The minimum absolute atomic E-state index is 0.0248. The second-order valence-electron chi connectivity index (χ2n) is 4.55. The van der Waals surface area contributed by atoms with E-state index >= 15 is 0 Å². The van der Waals surface area contributed by atoms with Crippen LogP contribution in [0.25, 0.3) is 0 Å². The lowest BCUT2D eigenvalue weighted by Gasteiger charge is -2.12. The Labute approximate surface area is 111 Å². The van der Waals surface area contributed by atoms with E-state index in [0.717, 1.165) is 10.5 Å². The first-order valence-electron chi connectivity index (χ1n) is 5.70. The van der Waals surface area contributed by atoms with Crippen LogP contribution in [0.5, 0.6) is 0 Å². The number of hydrogen-bond acceptors (Lipinski definition) is 5. The lowest BCUT2D eigenvalue weighted by Crippen LogP contribution is -2.19. The summed E-state index contributed by atoms with van der Waals surface area (Å²) >= 11 is 1.37. The van der Waals surface area contributed by atoms with Crippen molar-refractivity contribution in [2.24, 2.45) is 0 Å². The maximum atomic E-state index is 11.4. The normalized spacial score (nSPS) is 28.2. The molecule has 100 valence electrons.